The van der Waals surface area contributed by atoms with Crippen LogP contribution in [0.3, 0.4) is 0 Å². The summed E-state index contributed by atoms with van der Waals surface area (Å²) >= 11 is 0. The quantitative estimate of drug-likeness (QED) is 0.506. The van der Waals surface area contributed by atoms with Crippen molar-refractivity contribution < 1.29 is 13.9 Å². The zero-order chi connectivity index (χ0) is 15.9. The summed E-state index contributed by atoms with van der Waals surface area (Å²) in [7, 11) is 0. The predicted molar refractivity (Wildman–Crippen MR) is 85.0 cm³/mol. The van der Waals surface area contributed by atoms with E-state index in [9.17, 15) is 9.59 Å². The van der Waals surface area contributed by atoms with Gasteiger partial charge in [-0.15, -0.1) is 12.3 Å². The summed E-state index contributed by atoms with van der Waals surface area (Å²) in [5.74, 6) is 2.94. The van der Waals surface area contributed by atoms with Gasteiger partial charge in [-0.1, -0.05) is 0 Å². The Kier molecular flexibility index (Phi) is 5.21. The van der Waals surface area contributed by atoms with E-state index in [-0.39, 0.29) is 11.6 Å². The number of unbranched alkanes of at least 4 members (excludes halogenated alkanes) is 2. The normalized spacial score (nSPS) is 10.2. The van der Waals surface area contributed by atoms with Gasteiger partial charge in [-0.2, -0.15) is 0 Å². The fourth-order valence-electron chi connectivity index (χ4n) is 1.99. The van der Waals surface area contributed by atoms with Crippen LogP contribution >= 0.6 is 0 Å². The molecular weight excluding hydrogens is 282 g/mol. The van der Waals surface area contributed by atoms with E-state index in [0.29, 0.717) is 23.3 Å². The Balaban J connectivity index is 2.14. The van der Waals surface area contributed by atoms with Crippen molar-refractivity contribution in [3.05, 3.63) is 34.7 Å². The molecule has 0 atom stereocenters. The third-order valence-corrected chi connectivity index (χ3v) is 3.00. The third-order valence-electron chi connectivity index (χ3n) is 3.00. The molecule has 1 heterocycles. The van der Waals surface area contributed by atoms with Gasteiger partial charge in [-0.25, -0.2) is 4.79 Å². The van der Waals surface area contributed by atoms with Gasteiger partial charge in [0, 0.05) is 18.7 Å². The lowest BCUT2D eigenvalue weighted by molar-refractivity contribution is -0.114. The fraction of sp³-hybridized carbons (Fsp3) is 0.294. The van der Waals surface area contributed by atoms with Crippen molar-refractivity contribution in [1.82, 2.24) is 0 Å². The first-order valence-electron chi connectivity index (χ1n) is 7.02. The Morgan fingerprint density at radius 1 is 1.36 bits per heavy atom. The average Bonchev–Trinajstić information content (AvgIpc) is 2.47. The minimum absolute atomic E-state index is 0.117. The van der Waals surface area contributed by atoms with Gasteiger partial charge in [0.05, 0.1) is 6.61 Å². The first-order valence-corrected chi connectivity index (χ1v) is 7.02. The number of hydrogen-bond donors (Lipinski definition) is 1. The van der Waals surface area contributed by atoms with Crippen LogP contribution in [-0.4, -0.2) is 12.5 Å². The van der Waals surface area contributed by atoms with E-state index >= 15 is 0 Å². The van der Waals surface area contributed by atoms with E-state index in [4.69, 9.17) is 15.6 Å². The van der Waals surface area contributed by atoms with E-state index in [1.165, 1.54) is 6.92 Å². The van der Waals surface area contributed by atoms with Gasteiger partial charge in [0.25, 0.3) is 0 Å². The van der Waals surface area contributed by atoms with Crippen LogP contribution in [-0.2, 0) is 4.79 Å². The number of rotatable bonds is 6. The molecule has 0 aliphatic rings. The molecule has 0 saturated heterocycles. The van der Waals surface area contributed by atoms with Crippen LogP contribution in [0.5, 0.6) is 5.75 Å². The topological polar surface area (TPSA) is 68.5 Å². The number of fused-ring (bicyclic) bond motifs is 1. The Bertz CT molecular complexity index is 770. The lowest BCUT2D eigenvalue weighted by Gasteiger charge is -2.07. The minimum atomic E-state index is -0.578. The fourth-order valence-corrected chi connectivity index (χ4v) is 1.99. The van der Waals surface area contributed by atoms with E-state index in [2.05, 4.69) is 11.2 Å². The van der Waals surface area contributed by atoms with Crippen molar-refractivity contribution in [2.45, 2.75) is 26.2 Å². The maximum absolute atomic E-state index is 11.7. The summed E-state index contributed by atoms with van der Waals surface area (Å²) in [5.41, 5.74) is -0.0180. The van der Waals surface area contributed by atoms with E-state index in [1.807, 2.05) is 0 Å². The van der Waals surface area contributed by atoms with E-state index in [1.54, 1.807) is 24.3 Å². The molecular formula is C17H17NO4. The molecule has 0 fully saturated rings. The molecule has 2 aromatic rings. The number of benzene rings is 1. The van der Waals surface area contributed by atoms with Gasteiger partial charge in [-0.05, 0) is 37.1 Å². The minimum Gasteiger partial charge on any atom is -0.494 e. The van der Waals surface area contributed by atoms with Gasteiger partial charge >= 0.3 is 5.63 Å². The smallest absolute Gasteiger partial charge is 0.360 e. The molecule has 1 aromatic carbocycles. The molecule has 2 rings (SSSR count). The lowest BCUT2D eigenvalue weighted by Crippen LogP contribution is -2.14. The number of anilines is 1. The molecule has 0 radical (unpaired) electrons. The molecule has 0 saturated carbocycles. The largest absolute Gasteiger partial charge is 0.494 e. The van der Waals surface area contributed by atoms with E-state index < -0.39 is 5.63 Å². The highest BCUT2D eigenvalue weighted by molar-refractivity contribution is 5.91. The maximum atomic E-state index is 11.7. The van der Waals surface area contributed by atoms with Crippen molar-refractivity contribution >= 4 is 22.6 Å². The summed E-state index contributed by atoms with van der Waals surface area (Å²) in [6.07, 6.45) is 7.73. The lowest BCUT2D eigenvalue weighted by atomic mass is 10.2. The monoisotopic (exact) mass is 299 g/mol. The summed E-state index contributed by atoms with van der Waals surface area (Å²) in [4.78, 5) is 22.8. The molecule has 1 N–H and O–H groups in total. The van der Waals surface area contributed by atoms with Crippen molar-refractivity contribution in [3.63, 3.8) is 0 Å². The van der Waals surface area contributed by atoms with Crippen molar-refractivity contribution in [2.24, 2.45) is 0 Å². The molecule has 1 amide bonds. The SMILES string of the molecule is C#CCCCCOc1ccc2oc(=O)c(NC(C)=O)cc2c1. The van der Waals surface area contributed by atoms with Gasteiger partial charge in [0.2, 0.25) is 5.91 Å². The third kappa shape index (κ3) is 4.13. The molecule has 0 bridgehead atoms. The molecule has 0 aliphatic heterocycles. The maximum Gasteiger partial charge on any atom is 0.360 e. The average molecular weight is 299 g/mol. The summed E-state index contributed by atoms with van der Waals surface area (Å²) in [5, 5.41) is 3.13. The summed E-state index contributed by atoms with van der Waals surface area (Å²) in [6.45, 7) is 1.90. The zero-order valence-electron chi connectivity index (χ0n) is 12.3. The number of ether oxygens (including phenoxy) is 1. The van der Waals surface area contributed by atoms with Crippen molar-refractivity contribution in [3.8, 4) is 18.1 Å². The highest BCUT2D eigenvalue weighted by Crippen LogP contribution is 2.22. The molecule has 5 heteroatoms. The molecule has 0 spiro atoms. The molecule has 0 unspecified atom stereocenters. The Hall–Kier alpha value is -2.74. The van der Waals surface area contributed by atoms with Crippen LogP contribution in [0.25, 0.3) is 11.0 Å². The predicted octanol–water partition coefficient (Wildman–Crippen LogP) is 2.93. The molecule has 114 valence electrons. The Morgan fingerprint density at radius 2 is 2.18 bits per heavy atom. The number of carbonyl (C=O) groups is 1. The highest BCUT2D eigenvalue weighted by atomic mass is 16.5. The van der Waals surface area contributed by atoms with Gasteiger partial charge in [-0.3, -0.25) is 4.79 Å². The zero-order valence-corrected chi connectivity index (χ0v) is 12.3. The van der Waals surface area contributed by atoms with Crippen LogP contribution in [0.2, 0.25) is 0 Å². The number of nitrogens with one attached hydrogen (secondary N) is 1. The molecule has 22 heavy (non-hydrogen) atoms. The van der Waals surface area contributed by atoms with Crippen LogP contribution in [0.4, 0.5) is 5.69 Å². The van der Waals surface area contributed by atoms with Gasteiger partial charge in [0.1, 0.15) is 17.0 Å². The van der Waals surface area contributed by atoms with Crippen LogP contribution in [0.1, 0.15) is 26.2 Å². The summed E-state index contributed by atoms with van der Waals surface area (Å²) in [6, 6.07) is 6.76. The van der Waals surface area contributed by atoms with Crippen molar-refractivity contribution in [2.75, 3.05) is 11.9 Å². The first-order chi connectivity index (χ1) is 10.6. The molecule has 0 aliphatic carbocycles. The summed E-state index contributed by atoms with van der Waals surface area (Å²) < 4.78 is 10.8. The van der Waals surface area contributed by atoms with Crippen molar-refractivity contribution in [1.29, 1.82) is 0 Å². The first kappa shape index (κ1) is 15.6. The Morgan fingerprint density at radius 3 is 2.91 bits per heavy atom. The standard InChI is InChI=1S/C17H17NO4/c1-3-4-5-6-9-21-14-7-8-16-13(10-14)11-15(17(20)22-16)18-12(2)19/h1,7-8,10-11H,4-6,9H2,2H3,(H,18,19). The number of amides is 1. The van der Waals surface area contributed by atoms with E-state index in [0.717, 1.165) is 19.3 Å². The Labute approximate surface area is 128 Å². The number of hydrogen-bond acceptors (Lipinski definition) is 4. The number of carbonyl (C=O) groups excluding carboxylic acids is 1. The van der Waals surface area contributed by atoms with Gasteiger partial charge < -0.3 is 14.5 Å². The number of terminal acetylenes is 1. The van der Waals surface area contributed by atoms with Gasteiger partial charge in [0.15, 0.2) is 0 Å². The second-order valence-corrected chi connectivity index (χ2v) is 4.84. The molecule has 5 nitrogen and oxygen atoms in total. The second kappa shape index (κ2) is 7.32. The van der Waals surface area contributed by atoms with Crippen LogP contribution < -0.4 is 15.7 Å². The highest BCUT2D eigenvalue weighted by Gasteiger charge is 2.07. The molecule has 1 aromatic heterocycles. The van der Waals surface area contributed by atoms with Crippen LogP contribution in [0.15, 0.2) is 33.5 Å². The van der Waals surface area contributed by atoms with Crippen LogP contribution in [0, 0.1) is 12.3 Å². The second-order valence-electron chi connectivity index (χ2n) is 4.84.